The van der Waals surface area contributed by atoms with E-state index in [0.717, 1.165) is 22.4 Å². The van der Waals surface area contributed by atoms with E-state index in [2.05, 4.69) is 10.2 Å². The summed E-state index contributed by atoms with van der Waals surface area (Å²) in [6, 6.07) is 5.86. The van der Waals surface area contributed by atoms with Crippen LogP contribution in [0.3, 0.4) is 0 Å². The standard InChI is InChI=1S/C11H8N2O/c1-6-3-2-4-7-9(6)11(14)8-5-12-13-10(7)8/h2-5H,1H3,(H,12,13). The quantitative estimate of drug-likeness (QED) is 0.580. The van der Waals surface area contributed by atoms with Gasteiger partial charge < -0.3 is 0 Å². The zero-order chi connectivity index (χ0) is 9.71. The largest absolute Gasteiger partial charge is 0.288 e. The van der Waals surface area contributed by atoms with Crippen LogP contribution in [0, 0.1) is 6.92 Å². The molecule has 68 valence electrons. The minimum absolute atomic E-state index is 0.0850. The van der Waals surface area contributed by atoms with Crippen molar-refractivity contribution >= 4 is 5.78 Å². The van der Waals surface area contributed by atoms with E-state index in [-0.39, 0.29) is 5.78 Å². The molecule has 1 heterocycles. The fourth-order valence-electron chi connectivity index (χ4n) is 1.98. The summed E-state index contributed by atoms with van der Waals surface area (Å²) in [6.45, 7) is 1.95. The van der Waals surface area contributed by atoms with Crippen molar-refractivity contribution in [3.63, 3.8) is 0 Å². The normalized spacial score (nSPS) is 12.8. The molecule has 1 N–H and O–H groups in total. The molecule has 14 heavy (non-hydrogen) atoms. The second-order valence-electron chi connectivity index (χ2n) is 3.49. The van der Waals surface area contributed by atoms with E-state index in [0.29, 0.717) is 5.56 Å². The summed E-state index contributed by atoms with van der Waals surface area (Å²) < 4.78 is 0. The summed E-state index contributed by atoms with van der Waals surface area (Å²) in [5, 5.41) is 6.74. The second-order valence-corrected chi connectivity index (χ2v) is 3.49. The molecule has 3 rings (SSSR count). The Morgan fingerprint density at radius 3 is 3.00 bits per heavy atom. The zero-order valence-electron chi connectivity index (χ0n) is 7.66. The molecule has 0 radical (unpaired) electrons. The van der Waals surface area contributed by atoms with Gasteiger partial charge in [0.25, 0.3) is 0 Å². The van der Waals surface area contributed by atoms with Gasteiger partial charge in [0.05, 0.1) is 17.5 Å². The third-order valence-corrected chi connectivity index (χ3v) is 2.65. The molecule has 1 aliphatic carbocycles. The van der Waals surface area contributed by atoms with Crippen LogP contribution >= 0.6 is 0 Å². The van der Waals surface area contributed by atoms with Crippen molar-refractivity contribution in [2.45, 2.75) is 6.92 Å². The van der Waals surface area contributed by atoms with Gasteiger partial charge in [-0.05, 0) is 12.5 Å². The Kier molecular flexibility index (Phi) is 1.24. The van der Waals surface area contributed by atoms with Crippen molar-refractivity contribution in [3.8, 4) is 11.3 Å². The summed E-state index contributed by atoms with van der Waals surface area (Å²) in [6.07, 6.45) is 1.59. The maximum absolute atomic E-state index is 11.9. The lowest BCUT2D eigenvalue weighted by Crippen LogP contribution is -1.97. The van der Waals surface area contributed by atoms with E-state index in [1.165, 1.54) is 0 Å². The predicted octanol–water partition coefficient (Wildman–Crippen LogP) is 1.93. The molecule has 1 aromatic heterocycles. The summed E-state index contributed by atoms with van der Waals surface area (Å²) in [5.41, 5.74) is 4.36. The van der Waals surface area contributed by atoms with Gasteiger partial charge in [-0.25, -0.2) is 0 Å². The number of hydrogen-bond donors (Lipinski definition) is 1. The molecule has 3 heteroatoms. The molecule has 0 saturated carbocycles. The lowest BCUT2D eigenvalue weighted by Gasteiger charge is -2.00. The van der Waals surface area contributed by atoms with E-state index in [1.807, 2.05) is 25.1 Å². The highest BCUT2D eigenvalue weighted by Gasteiger charge is 2.29. The van der Waals surface area contributed by atoms with Gasteiger partial charge >= 0.3 is 0 Å². The molecule has 0 unspecified atom stereocenters. The number of ketones is 1. The number of aryl methyl sites for hydroxylation is 1. The van der Waals surface area contributed by atoms with Crippen LogP contribution in [-0.2, 0) is 0 Å². The highest BCUT2D eigenvalue weighted by molar-refractivity contribution is 6.21. The Balaban J connectivity index is 2.44. The van der Waals surface area contributed by atoms with Crippen molar-refractivity contribution < 1.29 is 4.79 Å². The SMILES string of the molecule is Cc1cccc2c1C(=O)c1cn[nH]c1-2. The van der Waals surface area contributed by atoms with Gasteiger partial charge in [0.1, 0.15) is 0 Å². The molecule has 0 atom stereocenters. The number of benzene rings is 1. The number of carbonyl (C=O) groups is 1. The van der Waals surface area contributed by atoms with E-state index in [9.17, 15) is 4.79 Å². The Morgan fingerprint density at radius 2 is 2.14 bits per heavy atom. The molecule has 2 aromatic rings. The fraction of sp³-hybridized carbons (Fsp3) is 0.0909. The molecular weight excluding hydrogens is 176 g/mol. The van der Waals surface area contributed by atoms with E-state index in [1.54, 1.807) is 6.20 Å². The van der Waals surface area contributed by atoms with Gasteiger partial charge in [0, 0.05) is 11.1 Å². The molecule has 0 spiro atoms. The maximum atomic E-state index is 11.9. The van der Waals surface area contributed by atoms with Crippen molar-refractivity contribution in [3.05, 3.63) is 41.1 Å². The molecule has 1 aliphatic rings. The number of hydrogen-bond acceptors (Lipinski definition) is 2. The van der Waals surface area contributed by atoms with Gasteiger partial charge in [-0.1, -0.05) is 18.2 Å². The number of carbonyl (C=O) groups excluding carboxylic acids is 1. The Hall–Kier alpha value is -1.90. The first-order chi connectivity index (χ1) is 6.79. The van der Waals surface area contributed by atoms with Gasteiger partial charge in [-0.2, -0.15) is 5.10 Å². The molecule has 3 nitrogen and oxygen atoms in total. The molecule has 0 saturated heterocycles. The molecule has 0 bridgehead atoms. The van der Waals surface area contributed by atoms with Crippen LogP contribution < -0.4 is 0 Å². The monoisotopic (exact) mass is 184 g/mol. The van der Waals surface area contributed by atoms with Crippen LogP contribution in [0.15, 0.2) is 24.4 Å². The highest BCUT2D eigenvalue weighted by Crippen LogP contribution is 2.35. The molecule has 0 fully saturated rings. The summed E-state index contributed by atoms with van der Waals surface area (Å²) in [7, 11) is 0. The van der Waals surface area contributed by atoms with Gasteiger partial charge in [0.2, 0.25) is 0 Å². The minimum Gasteiger partial charge on any atom is -0.288 e. The molecule has 1 aromatic carbocycles. The third-order valence-electron chi connectivity index (χ3n) is 2.65. The number of nitrogens with zero attached hydrogens (tertiary/aromatic N) is 1. The van der Waals surface area contributed by atoms with Gasteiger partial charge in [-0.3, -0.25) is 9.89 Å². The third kappa shape index (κ3) is 0.719. The van der Waals surface area contributed by atoms with Crippen LogP contribution in [0.25, 0.3) is 11.3 Å². The number of fused-ring (bicyclic) bond motifs is 3. The first kappa shape index (κ1) is 7.50. The van der Waals surface area contributed by atoms with Crippen molar-refractivity contribution in [1.29, 1.82) is 0 Å². The summed E-state index contributed by atoms with van der Waals surface area (Å²) in [4.78, 5) is 11.9. The number of nitrogens with one attached hydrogen (secondary N) is 1. The van der Waals surface area contributed by atoms with E-state index in [4.69, 9.17) is 0 Å². The van der Waals surface area contributed by atoms with Crippen molar-refractivity contribution in [2.75, 3.05) is 0 Å². The van der Waals surface area contributed by atoms with Crippen molar-refractivity contribution in [1.82, 2.24) is 10.2 Å². The Labute approximate surface area is 80.8 Å². The Bertz CT molecular complexity index is 540. The van der Waals surface area contributed by atoms with Crippen LogP contribution in [0.2, 0.25) is 0 Å². The van der Waals surface area contributed by atoms with E-state index < -0.39 is 0 Å². The average Bonchev–Trinajstić information content (AvgIpc) is 2.71. The topological polar surface area (TPSA) is 45.8 Å². The number of aromatic nitrogens is 2. The smallest absolute Gasteiger partial charge is 0.197 e. The number of aromatic amines is 1. The van der Waals surface area contributed by atoms with Crippen LogP contribution in [0.5, 0.6) is 0 Å². The number of H-pyrrole nitrogens is 1. The average molecular weight is 184 g/mol. The fourth-order valence-corrected chi connectivity index (χ4v) is 1.98. The minimum atomic E-state index is 0.0850. The first-order valence-electron chi connectivity index (χ1n) is 4.47. The van der Waals surface area contributed by atoms with Gasteiger partial charge in [0.15, 0.2) is 5.78 Å². The molecule has 0 amide bonds. The lowest BCUT2D eigenvalue weighted by molar-refractivity contribution is 0.104. The highest BCUT2D eigenvalue weighted by atomic mass is 16.1. The summed E-state index contributed by atoms with van der Waals surface area (Å²) in [5.74, 6) is 0.0850. The predicted molar refractivity (Wildman–Crippen MR) is 52.2 cm³/mol. The van der Waals surface area contributed by atoms with Gasteiger partial charge in [-0.15, -0.1) is 0 Å². The van der Waals surface area contributed by atoms with Crippen LogP contribution in [0.1, 0.15) is 21.5 Å². The Morgan fingerprint density at radius 1 is 1.29 bits per heavy atom. The first-order valence-corrected chi connectivity index (χ1v) is 4.47. The maximum Gasteiger partial charge on any atom is 0.197 e. The zero-order valence-corrected chi connectivity index (χ0v) is 7.66. The lowest BCUT2D eigenvalue weighted by atomic mass is 10.0. The molecular formula is C11H8N2O. The number of rotatable bonds is 0. The van der Waals surface area contributed by atoms with E-state index >= 15 is 0 Å². The second kappa shape index (κ2) is 2.32. The van der Waals surface area contributed by atoms with Crippen LogP contribution in [-0.4, -0.2) is 16.0 Å². The van der Waals surface area contributed by atoms with Crippen LogP contribution in [0.4, 0.5) is 0 Å². The van der Waals surface area contributed by atoms with Crippen molar-refractivity contribution in [2.24, 2.45) is 0 Å². The molecule has 0 aliphatic heterocycles. The summed E-state index contributed by atoms with van der Waals surface area (Å²) >= 11 is 0.